The van der Waals surface area contributed by atoms with Crippen LogP contribution in [0.4, 0.5) is 0 Å². The van der Waals surface area contributed by atoms with E-state index >= 15 is 0 Å². The molecule has 0 saturated carbocycles. The lowest BCUT2D eigenvalue weighted by molar-refractivity contribution is 0.736. The van der Waals surface area contributed by atoms with Gasteiger partial charge in [0.25, 0.3) is 0 Å². The van der Waals surface area contributed by atoms with Gasteiger partial charge in [0.15, 0.2) is 0 Å². The molecule has 0 spiro atoms. The van der Waals surface area contributed by atoms with Crippen LogP contribution in [0, 0.1) is 0 Å². The first kappa shape index (κ1) is 10.6. The van der Waals surface area contributed by atoms with Crippen LogP contribution in [-0.2, 0) is 7.05 Å². The maximum Gasteiger partial charge on any atom is 0.131 e. The number of hydrogen-bond donors (Lipinski definition) is 0. The highest BCUT2D eigenvalue weighted by molar-refractivity contribution is 5.72. The zero-order chi connectivity index (χ0) is 10.4. The highest BCUT2D eigenvalue weighted by Crippen LogP contribution is 2.04. The van der Waals surface area contributed by atoms with Gasteiger partial charge in [-0.2, -0.15) is 0 Å². The lowest BCUT2D eigenvalue weighted by Crippen LogP contribution is -1.88. The Bertz CT molecular complexity index is 378. The number of hydrogen-bond acceptors (Lipinski definition) is 3. The quantitative estimate of drug-likeness (QED) is 0.695. The second kappa shape index (κ2) is 5.32. The predicted octanol–water partition coefficient (Wildman–Crippen LogP) is 2.17. The van der Waals surface area contributed by atoms with E-state index in [1.54, 1.807) is 17.1 Å². The van der Waals surface area contributed by atoms with E-state index in [9.17, 15) is 0 Å². The van der Waals surface area contributed by atoms with Gasteiger partial charge >= 0.3 is 0 Å². The molecule has 0 aliphatic heterocycles. The van der Waals surface area contributed by atoms with Gasteiger partial charge in [-0.25, -0.2) is 4.68 Å². The molecular formula is C10H16N4. The van der Waals surface area contributed by atoms with Crippen molar-refractivity contribution in [3.8, 4) is 0 Å². The van der Waals surface area contributed by atoms with Gasteiger partial charge in [0.05, 0.1) is 11.7 Å². The molecule has 0 unspecified atom stereocenters. The van der Waals surface area contributed by atoms with Gasteiger partial charge < -0.3 is 0 Å². The highest BCUT2D eigenvalue weighted by atomic mass is 15.4. The molecular weight excluding hydrogens is 176 g/mol. The molecule has 0 N–H and O–H groups in total. The molecule has 0 aliphatic carbocycles. The number of rotatable bonds is 1. The molecule has 0 fully saturated rings. The van der Waals surface area contributed by atoms with Crippen molar-refractivity contribution in [1.82, 2.24) is 20.0 Å². The van der Waals surface area contributed by atoms with E-state index in [1.165, 1.54) is 12.8 Å². The van der Waals surface area contributed by atoms with Crippen LogP contribution < -0.4 is 0 Å². The van der Waals surface area contributed by atoms with Gasteiger partial charge in [0.2, 0.25) is 0 Å². The molecule has 4 nitrogen and oxygen atoms in total. The van der Waals surface area contributed by atoms with Crippen molar-refractivity contribution in [2.24, 2.45) is 7.05 Å². The van der Waals surface area contributed by atoms with Crippen LogP contribution in [-0.4, -0.2) is 20.0 Å². The van der Waals surface area contributed by atoms with Gasteiger partial charge in [-0.15, -0.1) is 5.10 Å². The molecule has 76 valence electrons. The summed E-state index contributed by atoms with van der Waals surface area (Å²) in [4.78, 5) is 3.91. The molecule has 0 saturated heterocycles. The Morgan fingerprint density at radius 2 is 2.00 bits per heavy atom. The molecule has 0 bridgehead atoms. The van der Waals surface area contributed by atoms with E-state index < -0.39 is 0 Å². The Kier molecular flexibility index (Phi) is 4.04. The lowest BCUT2D eigenvalue weighted by Gasteiger charge is -1.86. The minimum Gasteiger partial charge on any atom is -0.262 e. The molecule has 14 heavy (non-hydrogen) atoms. The van der Waals surface area contributed by atoms with Gasteiger partial charge in [-0.3, -0.25) is 4.98 Å². The first-order valence-electron chi connectivity index (χ1n) is 4.89. The Balaban J connectivity index is 0.000000213. The van der Waals surface area contributed by atoms with Crippen molar-refractivity contribution >= 4 is 11.0 Å². The van der Waals surface area contributed by atoms with Crippen LogP contribution in [0.15, 0.2) is 18.5 Å². The maximum absolute atomic E-state index is 3.91. The number of pyridine rings is 1. The molecule has 0 radical (unpaired) electrons. The number of unbranched alkanes of at least 4 members (excludes halogenated alkanes) is 1. The third-order valence-electron chi connectivity index (χ3n) is 1.91. The zero-order valence-electron chi connectivity index (χ0n) is 8.94. The fourth-order valence-electron chi connectivity index (χ4n) is 0.893. The van der Waals surface area contributed by atoms with Crippen molar-refractivity contribution in [3.63, 3.8) is 0 Å². The third kappa shape index (κ3) is 2.52. The van der Waals surface area contributed by atoms with Crippen molar-refractivity contribution in [2.45, 2.75) is 26.7 Å². The second-order valence-electron chi connectivity index (χ2n) is 3.08. The largest absolute Gasteiger partial charge is 0.262 e. The summed E-state index contributed by atoms with van der Waals surface area (Å²) in [6, 6.07) is 1.88. The summed E-state index contributed by atoms with van der Waals surface area (Å²) in [6.07, 6.45) is 6.06. The molecule has 0 aromatic carbocycles. The standard InChI is InChI=1S/C6H6N4.C4H10/c1-10-6-2-3-7-4-5(6)8-9-10;1-3-4-2/h2-4H,1H3;3-4H2,1-2H3. The molecule has 2 aromatic rings. The number of nitrogens with zero attached hydrogens (tertiary/aromatic N) is 4. The van der Waals surface area contributed by atoms with Gasteiger partial charge in [-0.05, 0) is 6.07 Å². The average molecular weight is 192 g/mol. The molecule has 2 heterocycles. The molecule has 0 atom stereocenters. The molecule has 0 amide bonds. The van der Waals surface area contributed by atoms with Crippen LogP contribution in [0.3, 0.4) is 0 Å². The van der Waals surface area contributed by atoms with E-state index in [-0.39, 0.29) is 0 Å². The molecule has 4 heteroatoms. The highest BCUT2D eigenvalue weighted by Gasteiger charge is 1.96. The average Bonchev–Trinajstić information content (AvgIpc) is 2.62. The lowest BCUT2D eigenvalue weighted by atomic mass is 10.4. The Morgan fingerprint density at radius 3 is 2.57 bits per heavy atom. The summed E-state index contributed by atoms with van der Waals surface area (Å²) in [6.45, 7) is 4.36. The molecule has 2 rings (SSSR count). The summed E-state index contributed by atoms with van der Waals surface area (Å²) in [5.74, 6) is 0. The zero-order valence-corrected chi connectivity index (χ0v) is 8.94. The van der Waals surface area contributed by atoms with Crippen molar-refractivity contribution < 1.29 is 0 Å². The van der Waals surface area contributed by atoms with E-state index in [0.717, 1.165) is 11.0 Å². The summed E-state index contributed by atoms with van der Waals surface area (Å²) < 4.78 is 1.72. The molecule has 0 aliphatic rings. The van der Waals surface area contributed by atoms with Crippen molar-refractivity contribution in [1.29, 1.82) is 0 Å². The van der Waals surface area contributed by atoms with Gasteiger partial charge in [0, 0.05) is 13.2 Å². The monoisotopic (exact) mass is 192 g/mol. The van der Waals surface area contributed by atoms with Crippen LogP contribution >= 0.6 is 0 Å². The van der Waals surface area contributed by atoms with E-state index in [0.29, 0.717) is 0 Å². The van der Waals surface area contributed by atoms with Crippen LogP contribution in [0.5, 0.6) is 0 Å². The van der Waals surface area contributed by atoms with Crippen LogP contribution in [0.2, 0.25) is 0 Å². The first-order chi connectivity index (χ1) is 6.79. The fraction of sp³-hybridized carbons (Fsp3) is 0.500. The number of aryl methyl sites for hydroxylation is 1. The van der Waals surface area contributed by atoms with Crippen molar-refractivity contribution in [2.75, 3.05) is 0 Å². The number of aromatic nitrogens is 4. The van der Waals surface area contributed by atoms with E-state index in [1.807, 2.05) is 13.1 Å². The number of fused-ring (bicyclic) bond motifs is 1. The smallest absolute Gasteiger partial charge is 0.131 e. The topological polar surface area (TPSA) is 43.6 Å². The first-order valence-corrected chi connectivity index (χ1v) is 4.89. The predicted molar refractivity (Wildman–Crippen MR) is 56.9 cm³/mol. The third-order valence-corrected chi connectivity index (χ3v) is 1.91. The Labute approximate surface area is 84.0 Å². The minimum atomic E-state index is 0.838. The van der Waals surface area contributed by atoms with E-state index in [4.69, 9.17) is 0 Å². The van der Waals surface area contributed by atoms with Crippen LogP contribution in [0.25, 0.3) is 11.0 Å². The summed E-state index contributed by atoms with van der Waals surface area (Å²) in [5.41, 5.74) is 1.85. The Hall–Kier alpha value is -1.45. The van der Waals surface area contributed by atoms with Gasteiger partial charge in [-0.1, -0.05) is 31.9 Å². The molecule has 2 aromatic heterocycles. The summed E-state index contributed by atoms with van der Waals surface area (Å²) >= 11 is 0. The second-order valence-corrected chi connectivity index (χ2v) is 3.08. The maximum atomic E-state index is 3.91. The van der Waals surface area contributed by atoms with E-state index in [2.05, 4.69) is 29.1 Å². The Morgan fingerprint density at radius 1 is 1.29 bits per heavy atom. The fourth-order valence-corrected chi connectivity index (χ4v) is 0.893. The SMILES string of the molecule is CCCC.Cn1nnc2cnccc21. The summed E-state index contributed by atoms with van der Waals surface area (Å²) in [5, 5.41) is 7.69. The summed E-state index contributed by atoms with van der Waals surface area (Å²) in [7, 11) is 1.86. The normalized spacial score (nSPS) is 9.64. The van der Waals surface area contributed by atoms with Crippen LogP contribution in [0.1, 0.15) is 26.7 Å². The minimum absolute atomic E-state index is 0.838. The van der Waals surface area contributed by atoms with Gasteiger partial charge in [0.1, 0.15) is 5.52 Å². The van der Waals surface area contributed by atoms with Crippen molar-refractivity contribution in [3.05, 3.63) is 18.5 Å².